The van der Waals surface area contributed by atoms with Crippen LogP contribution in [-0.4, -0.2) is 73.4 Å². The molecule has 70 heavy (non-hydrogen) atoms. The van der Waals surface area contributed by atoms with E-state index in [0.29, 0.717) is 23.9 Å². The van der Waals surface area contributed by atoms with E-state index in [-0.39, 0.29) is 19.1 Å². The van der Waals surface area contributed by atoms with Gasteiger partial charge in [0.2, 0.25) is 5.91 Å². The number of hydrogen-bond donors (Lipinski definition) is 3. The molecule has 420 valence electrons. The Kier molecular flexibility index (Phi) is 52.9. The van der Waals surface area contributed by atoms with Crippen molar-refractivity contribution in [2.45, 2.75) is 347 Å². The molecule has 0 heterocycles. The van der Waals surface area contributed by atoms with Crippen molar-refractivity contribution in [2.75, 3.05) is 40.9 Å². The molecule has 1 amide bonds. The zero-order valence-corrected chi connectivity index (χ0v) is 48.9. The van der Waals surface area contributed by atoms with Crippen LogP contribution in [0, 0.1) is 0 Å². The predicted octanol–water partition coefficient (Wildman–Crippen LogP) is 19.2. The summed E-state index contributed by atoms with van der Waals surface area (Å²) >= 11 is 0. The zero-order chi connectivity index (χ0) is 51.3. The Labute approximate surface area is 438 Å². The number of amides is 1. The van der Waals surface area contributed by atoms with Gasteiger partial charge in [-0.3, -0.25) is 13.8 Å². The largest absolute Gasteiger partial charge is 0.472 e. The number of carbonyl (C=O) groups excluding carboxylic acids is 1. The van der Waals surface area contributed by atoms with Crippen molar-refractivity contribution >= 4 is 13.7 Å². The summed E-state index contributed by atoms with van der Waals surface area (Å²) in [5.41, 5.74) is 0. The maximum absolute atomic E-state index is 13.0. The summed E-state index contributed by atoms with van der Waals surface area (Å²) < 4.78 is 23.7. The number of nitrogens with one attached hydrogen (secondary N) is 1. The van der Waals surface area contributed by atoms with Crippen LogP contribution in [0.3, 0.4) is 0 Å². The van der Waals surface area contributed by atoms with Crippen molar-refractivity contribution < 1.29 is 32.9 Å². The van der Waals surface area contributed by atoms with Crippen molar-refractivity contribution in [2.24, 2.45) is 0 Å². The van der Waals surface area contributed by atoms with Crippen LogP contribution in [0.25, 0.3) is 0 Å². The molecule has 0 aliphatic carbocycles. The summed E-state index contributed by atoms with van der Waals surface area (Å²) in [4.78, 5) is 23.3. The first-order chi connectivity index (χ1) is 34.0. The van der Waals surface area contributed by atoms with Gasteiger partial charge < -0.3 is 19.8 Å². The SMILES string of the molecule is CCCCCCCCCCCCCCCCCCCCCCCCCCCCCCCCCCCCCCCC(=O)NC(COP(=O)(O)OCC[N+](C)(C)C)C(O)CCCCCCCCCCCCC. The Bertz CT molecular complexity index is 1100. The van der Waals surface area contributed by atoms with Gasteiger partial charge >= 0.3 is 7.82 Å². The molecule has 0 aliphatic heterocycles. The zero-order valence-electron chi connectivity index (χ0n) is 48.1. The quantitative estimate of drug-likeness (QED) is 0.0318. The van der Waals surface area contributed by atoms with Gasteiger partial charge in [-0.15, -0.1) is 0 Å². The van der Waals surface area contributed by atoms with Gasteiger partial charge in [-0.25, -0.2) is 4.57 Å². The van der Waals surface area contributed by atoms with Gasteiger partial charge in [-0.05, 0) is 12.8 Å². The lowest BCUT2D eigenvalue weighted by molar-refractivity contribution is -0.870. The molecule has 0 radical (unpaired) electrons. The van der Waals surface area contributed by atoms with Crippen LogP contribution in [0.1, 0.15) is 335 Å². The fourth-order valence-corrected chi connectivity index (χ4v) is 10.7. The summed E-state index contributed by atoms with van der Waals surface area (Å²) in [6.07, 6.45) is 65.0. The average Bonchev–Trinajstić information content (AvgIpc) is 3.32. The highest BCUT2D eigenvalue weighted by atomic mass is 31.2. The second-order valence-corrected chi connectivity index (χ2v) is 24.6. The Hall–Kier alpha value is -0.500. The summed E-state index contributed by atoms with van der Waals surface area (Å²) in [5, 5.41) is 14.0. The van der Waals surface area contributed by atoms with E-state index in [1.54, 1.807) is 0 Å². The fraction of sp³-hybridized carbons (Fsp3) is 0.984. The number of likely N-dealkylation sites (N-methyl/N-ethyl adjacent to an activating group) is 1. The number of carbonyl (C=O) groups is 1. The summed E-state index contributed by atoms with van der Waals surface area (Å²) in [5.74, 6) is -0.137. The van der Waals surface area contributed by atoms with E-state index < -0.39 is 20.0 Å². The second kappa shape index (κ2) is 53.3. The molecule has 0 aromatic carbocycles. The molecule has 9 heteroatoms. The number of nitrogens with zero attached hydrogens (tertiary/aromatic N) is 1. The average molecular weight is 1010 g/mol. The first-order valence-corrected chi connectivity index (χ1v) is 32.9. The van der Waals surface area contributed by atoms with Crippen molar-refractivity contribution in [3.8, 4) is 0 Å². The van der Waals surface area contributed by atoms with Crippen LogP contribution in [0.5, 0.6) is 0 Å². The first-order valence-electron chi connectivity index (χ1n) is 31.4. The van der Waals surface area contributed by atoms with Crippen LogP contribution in [0.15, 0.2) is 0 Å². The number of unbranched alkanes of at least 4 members (excludes halogenated alkanes) is 46. The summed E-state index contributed by atoms with van der Waals surface area (Å²) in [7, 11) is 1.63. The normalized spacial score (nSPS) is 13.8. The predicted molar refractivity (Wildman–Crippen MR) is 305 cm³/mol. The Morgan fingerprint density at radius 1 is 0.429 bits per heavy atom. The highest BCUT2D eigenvalue weighted by Gasteiger charge is 2.28. The smallest absolute Gasteiger partial charge is 0.391 e. The van der Waals surface area contributed by atoms with Crippen molar-refractivity contribution in [1.29, 1.82) is 0 Å². The number of aliphatic hydroxyl groups excluding tert-OH is 1. The minimum atomic E-state index is -4.31. The highest BCUT2D eigenvalue weighted by molar-refractivity contribution is 7.47. The van der Waals surface area contributed by atoms with E-state index in [2.05, 4.69) is 19.2 Å². The number of phosphoric ester groups is 1. The molecule has 3 N–H and O–H groups in total. The molecule has 0 saturated carbocycles. The van der Waals surface area contributed by atoms with E-state index in [4.69, 9.17) is 9.05 Å². The molecule has 0 saturated heterocycles. The van der Waals surface area contributed by atoms with Crippen molar-refractivity contribution in [3.05, 3.63) is 0 Å². The molecule has 8 nitrogen and oxygen atoms in total. The molecule has 0 spiro atoms. The standard InChI is InChI=1S/C61H125N2O6P/c1-6-8-10-12-14-16-18-19-20-21-22-23-24-25-26-27-28-29-30-31-32-33-34-35-36-37-38-39-40-41-42-43-45-47-49-51-53-55-61(65)62-59(58-69-70(66,67)68-57-56-63(3,4)5)60(64)54-52-50-48-46-44-17-15-13-11-9-7-2/h59-60,64H,6-58H2,1-5H3,(H-,62,65,66,67)/p+1. The van der Waals surface area contributed by atoms with Crippen LogP contribution in [-0.2, 0) is 18.4 Å². The maximum Gasteiger partial charge on any atom is 0.472 e. The second-order valence-electron chi connectivity index (χ2n) is 23.2. The molecule has 3 atom stereocenters. The van der Waals surface area contributed by atoms with Gasteiger partial charge in [0.05, 0.1) is 39.9 Å². The van der Waals surface area contributed by atoms with E-state index in [9.17, 15) is 19.4 Å². The minimum Gasteiger partial charge on any atom is -0.391 e. The van der Waals surface area contributed by atoms with Gasteiger partial charge in [0.1, 0.15) is 13.2 Å². The van der Waals surface area contributed by atoms with E-state index in [1.165, 1.54) is 270 Å². The van der Waals surface area contributed by atoms with Crippen molar-refractivity contribution in [3.63, 3.8) is 0 Å². The number of quaternary nitrogens is 1. The number of rotatable bonds is 59. The van der Waals surface area contributed by atoms with Crippen LogP contribution < -0.4 is 5.32 Å². The highest BCUT2D eigenvalue weighted by Crippen LogP contribution is 2.43. The summed E-state index contributed by atoms with van der Waals surface area (Å²) in [6, 6.07) is -0.754. The molecule has 0 aromatic rings. The van der Waals surface area contributed by atoms with Gasteiger partial charge in [-0.1, -0.05) is 316 Å². The van der Waals surface area contributed by atoms with Crippen LogP contribution in [0.4, 0.5) is 0 Å². The van der Waals surface area contributed by atoms with E-state index in [0.717, 1.165) is 38.5 Å². The molecule has 0 aliphatic rings. The number of aliphatic hydroxyl groups is 1. The van der Waals surface area contributed by atoms with Crippen LogP contribution >= 0.6 is 7.82 Å². The lowest BCUT2D eigenvalue weighted by Crippen LogP contribution is -2.46. The Morgan fingerprint density at radius 2 is 0.686 bits per heavy atom. The third-order valence-corrected chi connectivity index (χ3v) is 15.8. The van der Waals surface area contributed by atoms with Gasteiger partial charge in [0.25, 0.3) is 0 Å². The van der Waals surface area contributed by atoms with Gasteiger partial charge in [-0.2, -0.15) is 0 Å². The molecule has 0 bridgehead atoms. The monoisotopic (exact) mass is 1010 g/mol. The molecule has 3 unspecified atom stereocenters. The number of hydrogen-bond acceptors (Lipinski definition) is 5. The Balaban J connectivity index is 3.79. The molecule has 0 aromatic heterocycles. The number of phosphoric acid groups is 1. The molecular weight excluding hydrogens is 888 g/mol. The van der Waals surface area contributed by atoms with E-state index >= 15 is 0 Å². The lowest BCUT2D eigenvalue weighted by atomic mass is 10.0. The third-order valence-electron chi connectivity index (χ3n) is 14.9. The summed E-state index contributed by atoms with van der Waals surface area (Å²) in [6.45, 7) is 4.92. The van der Waals surface area contributed by atoms with E-state index in [1.807, 2.05) is 21.1 Å². The fourth-order valence-electron chi connectivity index (χ4n) is 9.93. The topological polar surface area (TPSA) is 105 Å². The van der Waals surface area contributed by atoms with Crippen molar-refractivity contribution in [1.82, 2.24) is 5.32 Å². The molecule has 0 rings (SSSR count). The van der Waals surface area contributed by atoms with Gasteiger partial charge in [0.15, 0.2) is 0 Å². The molecule has 0 fully saturated rings. The molecular formula is C61H126N2O6P+. The first kappa shape index (κ1) is 69.5. The maximum atomic E-state index is 13.0. The Morgan fingerprint density at radius 3 is 0.957 bits per heavy atom. The van der Waals surface area contributed by atoms with Gasteiger partial charge in [0, 0.05) is 6.42 Å². The van der Waals surface area contributed by atoms with Crippen LogP contribution in [0.2, 0.25) is 0 Å². The third kappa shape index (κ3) is 55.3. The minimum absolute atomic E-state index is 0.0787. The lowest BCUT2D eigenvalue weighted by Gasteiger charge is -2.26.